The fourth-order valence-corrected chi connectivity index (χ4v) is 8.53. The van der Waals surface area contributed by atoms with Crippen LogP contribution in [0, 0.1) is 37.3 Å². The zero-order valence-corrected chi connectivity index (χ0v) is 37.4. The van der Waals surface area contributed by atoms with Crippen molar-refractivity contribution in [3.63, 3.8) is 0 Å². The number of carboxylic acids is 1. The topological polar surface area (TPSA) is 283 Å². The lowest BCUT2D eigenvalue weighted by Crippen LogP contribution is -2.50. The average Bonchev–Trinajstić information content (AvgIpc) is 4.03. The lowest BCUT2D eigenvalue weighted by atomic mass is 9.83. The number of halogens is 2. The molecule has 2 aliphatic rings. The molecule has 7 N–H and O–H groups in total. The summed E-state index contributed by atoms with van der Waals surface area (Å²) < 4.78 is 29.3. The first-order chi connectivity index (χ1) is 32.7. The molecule has 2 atom stereocenters. The van der Waals surface area contributed by atoms with Gasteiger partial charge in [0.25, 0.3) is 35.2 Å². The Bertz CT molecular complexity index is 2670. The first-order valence-corrected chi connectivity index (χ1v) is 22.3. The number of aryl methyl sites for hydroxylation is 2. The number of aromatic nitrogens is 8. The molecule has 0 radical (unpaired) electrons. The number of nitrogens with one attached hydrogen (secondary N) is 4. The molecule has 4 heterocycles. The van der Waals surface area contributed by atoms with Crippen LogP contribution in [0.15, 0.2) is 61.2 Å². The summed E-state index contributed by atoms with van der Waals surface area (Å²) in [5, 5.41) is 28.4. The molecular formula is C46H51F2N13O7. The van der Waals surface area contributed by atoms with Crippen LogP contribution in [0.25, 0.3) is 11.6 Å². The second-order valence-electron chi connectivity index (χ2n) is 17.0. The van der Waals surface area contributed by atoms with Gasteiger partial charge in [-0.2, -0.15) is 29.2 Å². The van der Waals surface area contributed by atoms with Gasteiger partial charge in [-0.25, -0.2) is 23.5 Å². The van der Waals surface area contributed by atoms with Gasteiger partial charge in [0.15, 0.2) is 0 Å². The van der Waals surface area contributed by atoms with Crippen LogP contribution >= 0.6 is 0 Å². The predicted molar refractivity (Wildman–Crippen MR) is 239 cm³/mol. The summed E-state index contributed by atoms with van der Waals surface area (Å²) in [6.07, 6.45) is 11.4. The highest BCUT2D eigenvalue weighted by Crippen LogP contribution is 2.28. The van der Waals surface area contributed by atoms with Crippen LogP contribution in [0.5, 0.6) is 0 Å². The van der Waals surface area contributed by atoms with Gasteiger partial charge in [0.1, 0.15) is 59.1 Å². The van der Waals surface area contributed by atoms with E-state index in [2.05, 4.69) is 51.4 Å². The number of hydrogen-bond donors (Lipinski definition) is 6. The lowest BCUT2D eigenvalue weighted by molar-refractivity contribution is -0.141. The highest BCUT2D eigenvalue weighted by molar-refractivity contribution is 6.00. The molecule has 8 rings (SSSR count). The Labute approximate surface area is 387 Å². The second-order valence-corrected chi connectivity index (χ2v) is 17.0. The first kappa shape index (κ1) is 48.2. The Morgan fingerprint density at radius 2 is 1.04 bits per heavy atom. The number of carboxylic acid groups (broad SMARTS) is 1. The number of rotatable bonds is 14. The molecule has 22 heteroatoms. The third-order valence-corrected chi connectivity index (χ3v) is 12.2. The van der Waals surface area contributed by atoms with E-state index in [1.807, 2.05) is 0 Å². The van der Waals surface area contributed by atoms with Crippen molar-refractivity contribution in [1.82, 2.24) is 60.4 Å². The summed E-state index contributed by atoms with van der Waals surface area (Å²) in [7, 11) is 0. The summed E-state index contributed by atoms with van der Waals surface area (Å²) in [4.78, 5) is 92.0. The molecule has 2 aromatic carbocycles. The van der Waals surface area contributed by atoms with Crippen LogP contribution < -0.4 is 27.0 Å². The van der Waals surface area contributed by atoms with Gasteiger partial charge in [-0.05, 0) is 85.8 Å². The minimum absolute atomic E-state index is 0.00679. The summed E-state index contributed by atoms with van der Waals surface area (Å²) in [5.41, 5.74) is 7.77. The molecular weight excluding hydrogens is 885 g/mol. The summed E-state index contributed by atoms with van der Waals surface area (Å²) in [6, 6.07) is 9.74. The second kappa shape index (κ2) is 21.7. The number of hydrogen-bond acceptors (Lipinski definition) is 12. The van der Waals surface area contributed by atoms with E-state index in [0.717, 1.165) is 68.7 Å². The van der Waals surface area contributed by atoms with Gasteiger partial charge < -0.3 is 32.1 Å². The maximum Gasteiger partial charge on any atom is 0.326 e. The number of primary amides is 1. The number of benzene rings is 2. The minimum atomic E-state index is -1.10. The standard InChI is InChI=1S/C23H26FN7O3.C23H25FN6O4/c1-13-9-14(7-8-16(13)24)11-26-21(33)17-10-18(31-23(29-17)27-12-28-31)22(34)30-19(20(25)32)15-5-3-2-4-6-15;1-13-9-14(7-8-16(13)24)11-25-20(31)17-10-18(30-23(28-17)26-12-27-30)21(32)29-19(22(33)34)15-5-3-2-4-6-15/h7-10,12,15,19H,2-6,11H2,1H3,(H2,25,32)(H,26,33)(H,30,34);7-10,12,15,19H,2-6,11H2,1H3,(H,25,31)(H,29,32)(H,33,34)/t2*19-/m11/s1. The SMILES string of the molecule is Cc1cc(CNC(=O)c2cc(C(=O)N[C@@H](C(=O)O)C3CCCCC3)n3ncnc3n2)ccc1F.Cc1cc(CNC(=O)c2cc(C(=O)N[C@@H](C(N)=O)C3CCCCC3)n3ncnc3n2)ccc1F. The van der Waals surface area contributed by atoms with Gasteiger partial charge in [-0.3, -0.25) is 24.0 Å². The molecule has 2 aliphatic carbocycles. The van der Waals surface area contributed by atoms with Crippen LogP contribution in [0.3, 0.4) is 0 Å². The van der Waals surface area contributed by atoms with Crippen LogP contribution in [-0.4, -0.2) is 91.9 Å². The Morgan fingerprint density at radius 3 is 1.44 bits per heavy atom. The molecule has 6 aromatic rings. The van der Waals surface area contributed by atoms with E-state index in [1.165, 1.54) is 41.4 Å². The quantitative estimate of drug-likeness (QED) is 0.0904. The lowest BCUT2D eigenvalue weighted by Gasteiger charge is -2.28. The van der Waals surface area contributed by atoms with Gasteiger partial charge in [0.2, 0.25) is 5.91 Å². The molecule has 0 aliphatic heterocycles. The normalized spacial score (nSPS) is 15.1. The molecule has 356 valence electrons. The number of aliphatic carboxylic acids is 1. The summed E-state index contributed by atoms with van der Waals surface area (Å²) in [6.45, 7) is 3.54. The Balaban J connectivity index is 0.000000201. The Hall–Kier alpha value is -7.78. The largest absolute Gasteiger partial charge is 0.480 e. The van der Waals surface area contributed by atoms with Crippen molar-refractivity contribution in [3.05, 3.63) is 118 Å². The van der Waals surface area contributed by atoms with Gasteiger partial charge in [-0.15, -0.1) is 0 Å². The molecule has 68 heavy (non-hydrogen) atoms. The zero-order valence-electron chi connectivity index (χ0n) is 37.4. The van der Waals surface area contributed by atoms with E-state index >= 15 is 0 Å². The Kier molecular flexibility index (Phi) is 15.4. The van der Waals surface area contributed by atoms with Gasteiger partial charge in [0.05, 0.1) is 0 Å². The fourth-order valence-electron chi connectivity index (χ4n) is 8.53. The predicted octanol–water partition coefficient (Wildman–Crippen LogP) is 3.93. The number of amides is 5. The van der Waals surface area contributed by atoms with Crippen LogP contribution in [0.1, 0.15) is 128 Å². The van der Waals surface area contributed by atoms with E-state index in [1.54, 1.807) is 38.1 Å². The third kappa shape index (κ3) is 11.6. The molecule has 0 spiro atoms. The first-order valence-electron chi connectivity index (χ1n) is 22.3. The molecule has 0 unspecified atom stereocenters. The number of nitrogens with zero attached hydrogens (tertiary/aromatic N) is 8. The van der Waals surface area contributed by atoms with E-state index in [0.29, 0.717) is 22.3 Å². The number of carbonyl (C=O) groups is 6. The van der Waals surface area contributed by atoms with Crippen LogP contribution in [0.2, 0.25) is 0 Å². The summed E-state index contributed by atoms with van der Waals surface area (Å²) >= 11 is 0. The number of carbonyl (C=O) groups excluding carboxylic acids is 5. The van der Waals surface area contributed by atoms with E-state index in [9.17, 15) is 42.7 Å². The van der Waals surface area contributed by atoms with Gasteiger partial charge in [0, 0.05) is 25.2 Å². The number of fused-ring (bicyclic) bond motifs is 2. The molecule has 5 amide bonds. The van der Waals surface area contributed by atoms with E-state index < -0.39 is 47.6 Å². The maximum absolute atomic E-state index is 13.5. The molecule has 0 saturated heterocycles. The molecule has 0 bridgehead atoms. The van der Waals surface area contributed by atoms with Crippen molar-refractivity contribution in [2.45, 2.75) is 103 Å². The van der Waals surface area contributed by atoms with E-state index in [-0.39, 0.29) is 70.9 Å². The monoisotopic (exact) mass is 935 g/mol. The average molecular weight is 936 g/mol. The van der Waals surface area contributed by atoms with Gasteiger partial charge >= 0.3 is 5.97 Å². The third-order valence-electron chi connectivity index (χ3n) is 12.2. The zero-order chi connectivity index (χ0) is 48.5. The minimum Gasteiger partial charge on any atom is -0.480 e. The Morgan fingerprint density at radius 1 is 0.632 bits per heavy atom. The van der Waals surface area contributed by atoms with E-state index in [4.69, 9.17) is 5.73 Å². The van der Waals surface area contributed by atoms with Crippen molar-refractivity contribution in [3.8, 4) is 0 Å². The van der Waals surface area contributed by atoms with Gasteiger partial charge in [-0.1, -0.05) is 62.8 Å². The highest BCUT2D eigenvalue weighted by atomic mass is 19.1. The summed E-state index contributed by atoms with van der Waals surface area (Å²) in [5.74, 6) is -4.87. The molecule has 2 fully saturated rings. The van der Waals surface area contributed by atoms with Crippen molar-refractivity contribution in [2.75, 3.05) is 0 Å². The van der Waals surface area contributed by atoms with Crippen molar-refractivity contribution in [2.24, 2.45) is 17.6 Å². The molecule has 4 aromatic heterocycles. The highest BCUT2D eigenvalue weighted by Gasteiger charge is 2.33. The molecule has 20 nitrogen and oxygen atoms in total. The molecule has 2 saturated carbocycles. The maximum atomic E-state index is 13.5. The van der Waals surface area contributed by atoms with Crippen molar-refractivity contribution < 1.29 is 42.7 Å². The van der Waals surface area contributed by atoms with Crippen molar-refractivity contribution >= 4 is 47.1 Å². The van der Waals surface area contributed by atoms with Crippen LogP contribution in [-0.2, 0) is 22.7 Å². The smallest absolute Gasteiger partial charge is 0.326 e. The van der Waals surface area contributed by atoms with Crippen LogP contribution in [0.4, 0.5) is 8.78 Å². The fraction of sp³-hybridized carbons (Fsp3) is 0.391. The van der Waals surface area contributed by atoms with Crippen molar-refractivity contribution in [1.29, 1.82) is 0 Å². The number of nitrogens with two attached hydrogens (primary N) is 1.